The van der Waals surface area contributed by atoms with Crippen molar-refractivity contribution in [2.45, 2.75) is 13.0 Å². The number of amides is 1. The second-order valence-electron chi connectivity index (χ2n) is 5.31. The predicted octanol–water partition coefficient (Wildman–Crippen LogP) is 3.35. The molecule has 0 bridgehead atoms. The molecule has 0 aromatic heterocycles. The lowest BCUT2D eigenvalue weighted by Gasteiger charge is -2.24. The number of fused-ring (bicyclic) bond motifs is 1. The number of nitrogens with one attached hydrogen (secondary N) is 1. The van der Waals surface area contributed by atoms with Crippen LogP contribution in [0.25, 0.3) is 0 Å². The Balaban J connectivity index is 1.60. The van der Waals surface area contributed by atoms with Gasteiger partial charge in [-0.05, 0) is 47.9 Å². The lowest BCUT2D eigenvalue weighted by atomic mass is 9.96. The van der Waals surface area contributed by atoms with Gasteiger partial charge in [0.15, 0.2) is 0 Å². The molecule has 0 spiro atoms. The minimum atomic E-state index is -0.288. The fourth-order valence-electron chi connectivity index (χ4n) is 2.47. The van der Waals surface area contributed by atoms with E-state index >= 15 is 0 Å². The SMILES string of the molecule is O=C(NCc1ccc(F)cc1)[C@H]1COc2ccc(Cl)cc2C1. The summed E-state index contributed by atoms with van der Waals surface area (Å²) in [5, 5.41) is 3.49. The maximum Gasteiger partial charge on any atom is 0.227 e. The molecule has 0 unspecified atom stereocenters. The third-order valence-corrected chi connectivity index (χ3v) is 3.91. The Labute approximate surface area is 133 Å². The molecular weight excluding hydrogens is 305 g/mol. The Morgan fingerprint density at radius 3 is 2.82 bits per heavy atom. The molecule has 0 aliphatic carbocycles. The van der Waals surface area contributed by atoms with Crippen molar-refractivity contribution in [1.29, 1.82) is 0 Å². The van der Waals surface area contributed by atoms with Crippen LogP contribution in [0.15, 0.2) is 42.5 Å². The van der Waals surface area contributed by atoms with Gasteiger partial charge in [0.05, 0.1) is 5.92 Å². The summed E-state index contributed by atoms with van der Waals surface area (Å²) in [6.07, 6.45) is 0.602. The van der Waals surface area contributed by atoms with E-state index in [4.69, 9.17) is 16.3 Å². The zero-order chi connectivity index (χ0) is 15.5. The van der Waals surface area contributed by atoms with Gasteiger partial charge in [0.2, 0.25) is 5.91 Å². The highest BCUT2D eigenvalue weighted by Crippen LogP contribution is 2.29. The molecule has 1 atom stereocenters. The zero-order valence-corrected chi connectivity index (χ0v) is 12.6. The summed E-state index contributed by atoms with van der Waals surface area (Å²) >= 11 is 5.97. The third kappa shape index (κ3) is 3.39. The molecule has 1 aliphatic heterocycles. The molecule has 1 N–H and O–H groups in total. The van der Waals surface area contributed by atoms with Gasteiger partial charge in [-0.1, -0.05) is 23.7 Å². The van der Waals surface area contributed by atoms with E-state index < -0.39 is 0 Å². The van der Waals surface area contributed by atoms with Crippen molar-refractivity contribution in [2.24, 2.45) is 5.92 Å². The number of rotatable bonds is 3. The molecule has 1 aliphatic rings. The number of halogens is 2. The van der Waals surface area contributed by atoms with Gasteiger partial charge >= 0.3 is 0 Å². The summed E-state index contributed by atoms with van der Waals surface area (Å²) < 4.78 is 18.4. The van der Waals surface area contributed by atoms with Crippen molar-refractivity contribution >= 4 is 17.5 Å². The number of ether oxygens (including phenoxy) is 1. The first kappa shape index (κ1) is 14.9. The van der Waals surface area contributed by atoms with E-state index in [0.29, 0.717) is 24.6 Å². The van der Waals surface area contributed by atoms with Gasteiger partial charge in [-0.25, -0.2) is 4.39 Å². The number of hydrogen-bond donors (Lipinski definition) is 1. The first-order chi connectivity index (χ1) is 10.6. The number of hydrogen-bond acceptors (Lipinski definition) is 2. The third-order valence-electron chi connectivity index (χ3n) is 3.68. The second kappa shape index (κ2) is 6.36. The van der Waals surface area contributed by atoms with E-state index in [9.17, 15) is 9.18 Å². The van der Waals surface area contributed by atoms with Crippen LogP contribution in [0.4, 0.5) is 4.39 Å². The monoisotopic (exact) mass is 319 g/mol. The topological polar surface area (TPSA) is 38.3 Å². The van der Waals surface area contributed by atoms with Gasteiger partial charge in [-0.2, -0.15) is 0 Å². The van der Waals surface area contributed by atoms with E-state index in [0.717, 1.165) is 16.9 Å². The standard InChI is InChI=1S/C17H15ClFNO2/c18-14-3-6-16-12(8-14)7-13(10-22-16)17(21)20-9-11-1-4-15(19)5-2-11/h1-6,8,13H,7,9-10H2,(H,20,21)/t13-/m1/s1. The number of carbonyl (C=O) groups is 1. The summed E-state index contributed by atoms with van der Waals surface area (Å²) in [4.78, 5) is 12.2. The zero-order valence-electron chi connectivity index (χ0n) is 11.8. The Morgan fingerprint density at radius 2 is 2.05 bits per heavy atom. The van der Waals surface area contributed by atoms with Gasteiger partial charge in [0.25, 0.3) is 0 Å². The molecule has 3 rings (SSSR count). The summed E-state index contributed by atoms with van der Waals surface area (Å²) in [5.41, 5.74) is 1.80. The van der Waals surface area contributed by atoms with E-state index in [1.54, 1.807) is 18.2 Å². The first-order valence-corrected chi connectivity index (χ1v) is 7.43. The van der Waals surface area contributed by atoms with Crippen LogP contribution in [0.2, 0.25) is 5.02 Å². The molecule has 5 heteroatoms. The van der Waals surface area contributed by atoms with Crippen molar-refractivity contribution in [3.63, 3.8) is 0 Å². The van der Waals surface area contributed by atoms with Gasteiger partial charge < -0.3 is 10.1 Å². The van der Waals surface area contributed by atoms with Crippen LogP contribution in [0.1, 0.15) is 11.1 Å². The number of carbonyl (C=O) groups excluding carboxylic acids is 1. The minimum Gasteiger partial charge on any atom is -0.492 e. The van der Waals surface area contributed by atoms with E-state index in [-0.39, 0.29) is 17.6 Å². The molecule has 0 saturated heterocycles. The van der Waals surface area contributed by atoms with Crippen LogP contribution < -0.4 is 10.1 Å². The molecule has 0 fully saturated rings. The minimum absolute atomic E-state index is 0.0741. The molecule has 1 amide bonds. The molecule has 0 radical (unpaired) electrons. The molecule has 22 heavy (non-hydrogen) atoms. The largest absolute Gasteiger partial charge is 0.492 e. The molecule has 0 saturated carbocycles. The van der Waals surface area contributed by atoms with Gasteiger partial charge in [0.1, 0.15) is 18.2 Å². The fourth-order valence-corrected chi connectivity index (χ4v) is 2.66. The Bertz CT molecular complexity index is 688. The Hall–Kier alpha value is -2.07. The molecule has 114 valence electrons. The first-order valence-electron chi connectivity index (χ1n) is 7.05. The fraction of sp³-hybridized carbons (Fsp3) is 0.235. The van der Waals surface area contributed by atoms with Crippen molar-refractivity contribution in [3.05, 3.63) is 64.4 Å². The van der Waals surface area contributed by atoms with Crippen LogP contribution in [0, 0.1) is 11.7 Å². The van der Waals surface area contributed by atoms with E-state index in [1.165, 1.54) is 12.1 Å². The van der Waals surface area contributed by atoms with Crippen LogP contribution >= 0.6 is 11.6 Å². The quantitative estimate of drug-likeness (QED) is 0.942. The maximum atomic E-state index is 12.8. The maximum absolute atomic E-state index is 12.8. The molecular formula is C17H15ClFNO2. The van der Waals surface area contributed by atoms with Gasteiger partial charge in [-0.15, -0.1) is 0 Å². The highest BCUT2D eigenvalue weighted by atomic mass is 35.5. The summed E-state index contributed by atoms with van der Waals surface area (Å²) in [5.74, 6) is 0.178. The van der Waals surface area contributed by atoms with Crippen LogP contribution in [-0.2, 0) is 17.8 Å². The summed E-state index contributed by atoms with van der Waals surface area (Å²) in [6.45, 7) is 0.724. The van der Waals surface area contributed by atoms with Crippen LogP contribution in [-0.4, -0.2) is 12.5 Å². The van der Waals surface area contributed by atoms with E-state index in [1.807, 2.05) is 12.1 Å². The normalized spacial score (nSPS) is 16.5. The molecule has 2 aromatic rings. The van der Waals surface area contributed by atoms with Gasteiger partial charge in [-0.3, -0.25) is 4.79 Å². The highest BCUT2D eigenvalue weighted by Gasteiger charge is 2.25. The predicted molar refractivity (Wildman–Crippen MR) is 82.4 cm³/mol. The lowest BCUT2D eigenvalue weighted by Crippen LogP contribution is -2.37. The van der Waals surface area contributed by atoms with Crippen LogP contribution in [0.3, 0.4) is 0 Å². The Kier molecular flexibility index (Phi) is 4.29. The highest BCUT2D eigenvalue weighted by molar-refractivity contribution is 6.30. The van der Waals surface area contributed by atoms with Gasteiger partial charge in [0, 0.05) is 11.6 Å². The molecule has 2 aromatic carbocycles. The van der Waals surface area contributed by atoms with Crippen LogP contribution in [0.5, 0.6) is 5.75 Å². The van der Waals surface area contributed by atoms with Crippen molar-refractivity contribution in [3.8, 4) is 5.75 Å². The summed E-state index contributed by atoms with van der Waals surface area (Å²) in [7, 11) is 0. The average Bonchev–Trinajstić information content (AvgIpc) is 2.53. The number of benzene rings is 2. The lowest BCUT2D eigenvalue weighted by molar-refractivity contribution is -0.126. The van der Waals surface area contributed by atoms with E-state index in [2.05, 4.69) is 5.32 Å². The van der Waals surface area contributed by atoms with Crippen molar-refractivity contribution in [2.75, 3.05) is 6.61 Å². The summed E-state index contributed by atoms with van der Waals surface area (Å²) in [6, 6.07) is 11.5. The Morgan fingerprint density at radius 1 is 1.27 bits per heavy atom. The average molecular weight is 320 g/mol. The smallest absolute Gasteiger partial charge is 0.227 e. The molecule has 1 heterocycles. The van der Waals surface area contributed by atoms with Crippen molar-refractivity contribution < 1.29 is 13.9 Å². The second-order valence-corrected chi connectivity index (χ2v) is 5.74. The van der Waals surface area contributed by atoms with Crippen molar-refractivity contribution in [1.82, 2.24) is 5.32 Å². The molecule has 3 nitrogen and oxygen atoms in total.